The van der Waals surface area contributed by atoms with Gasteiger partial charge in [0, 0.05) is 0 Å². The number of hydrogen-bond acceptors (Lipinski definition) is 3. The molecule has 0 fully saturated rings. The topological polar surface area (TPSA) is 52.3 Å². The maximum absolute atomic E-state index is 12.9. The van der Waals surface area contributed by atoms with E-state index in [1.807, 2.05) is 0 Å². The zero-order valence-corrected chi connectivity index (χ0v) is 8.72. The molecule has 0 unspecified atom stereocenters. The Morgan fingerprint density at radius 3 is 2.47 bits per heavy atom. The number of alkyl halides is 3. The standard InChI is InChI=1S/C10H9F4NO2/c1-17-9(16)8(15)6-4-5(11)2-3-7(6)10(12,13)14/h2-4,8H,15H2,1H3/t8-/m0/s1. The monoisotopic (exact) mass is 251 g/mol. The summed E-state index contributed by atoms with van der Waals surface area (Å²) < 4.78 is 54.8. The van der Waals surface area contributed by atoms with Gasteiger partial charge in [0.2, 0.25) is 0 Å². The first-order chi connectivity index (χ1) is 7.77. The lowest BCUT2D eigenvalue weighted by Crippen LogP contribution is -2.26. The molecule has 0 heterocycles. The number of halogens is 4. The van der Waals surface area contributed by atoms with Gasteiger partial charge in [-0.15, -0.1) is 0 Å². The summed E-state index contributed by atoms with van der Waals surface area (Å²) in [6, 6.07) is 0.0844. The van der Waals surface area contributed by atoms with Crippen molar-refractivity contribution in [1.29, 1.82) is 0 Å². The highest BCUT2D eigenvalue weighted by Gasteiger charge is 2.36. The van der Waals surface area contributed by atoms with Crippen LogP contribution in [0.1, 0.15) is 17.2 Å². The minimum absolute atomic E-state index is 0.535. The lowest BCUT2D eigenvalue weighted by Gasteiger charge is -2.16. The van der Waals surface area contributed by atoms with Gasteiger partial charge in [-0.25, -0.2) is 4.39 Å². The minimum atomic E-state index is -4.71. The van der Waals surface area contributed by atoms with E-state index in [-0.39, 0.29) is 0 Å². The van der Waals surface area contributed by atoms with Crippen molar-refractivity contribution >= 4 is 5.97 Å². The van der Waals surface area contributed by atoms with Gasteiger partial charge in [0.05, 0.1) is 12.7 Å². The van der Waals surface area contributed by atoms with Crippen LogP contribution in [0.15, 0.2) is 18.2 Å². The molecule has 7 heteroatoms. The van der Waals surface area contributed by atoms with Gasteiger partial charge in [-0.05, 0) is 23.8 Å². The summed E-state index contributed by atoms with van der Waals surface area (Å²) in [5, 5.41) is 0. The Labute approximate surface area is 94.2 Å². The van der Waals surface area contributed by atoms with Crippen molar-refractivity contribution < 1.29 is 27.1 Å². The van der Waals surface area contributed by atoms with E-state index in [2.05, 4.69) is 4.74 Å². The third-order valence-electron chi connectivity index (χ3n) is 2.11. The molecule has 0 aromatic heterocycles. The highest BCUT2D eigenvalue weighted by Crippen LogP contribution is 2.34. The van der Waals surface area contributed by atoms with Crippen molar-refractivity contribution in [1.82, 2.24) is 0 Å². The van der Waals surface area contributed by atoms with Crippen molar-refractivity contribution in [2.75, 3.05) is 7.11 Å². The molecular formula is C10H9F4NO2. The number of rotatable bonds is 2. The van der Waals surface area contributed by atoms with Crippen LogP contribution in [-0.4, -0.2) is 13.1 Å². The molecule has 1 rings (SSSR count). The zero-order chi connectivity index (χ0) is 13.2. The third kappa shape index (κ3) is 2.94. The largest absolute Gasteiger partial charge is 0.468 e. The first-order valence-corrected chi connectivity index (χ1v) is 4.47. The van der Waals surface area contributed by atoms with Crippen molar-refractivity contribution in [2.45, 2.75) is 12.2 Å². The Balaban J connectivity index is 3.30. The fraction of sp³-hybridized carbons (Fsp3) is 0.300. The van der Waals surface area contributed by atoms with Gasteiger partial charge in [-0.1, -0.05) is 0 Å². The molecule has 1 aromatic rings. The summed E-state index contributed by atoms with van der Waals surface area (Å²) in [4.78, 5) is 11.1. The molecule has 0 radical (unpaired) electrons. The molecule has 0 aliphatic carbocycles. The number of esters is 1. The summed E-state index contributed by atoms with van der Waals surface area (Å²) in [5.41, 5.74) is 3.47. The van der Waals surface area contributed by atoms with E-state index in [0.717, 1.165) is 7.11 Å². The van der Waals surface area contributed by atoms with Crippen molar-refractivity contribution in [3.05, 3.63) is 35.1 Å². The molecule has 3 nitrogen and oxygen atoms in total. The maximum Gasteiger partial charge on any atom is 0.416 e. The average molecular weight is 251 g/mol. The Kier molecular flexibility index (Phi) is 3.72. The predicted molar refractivity (Wildman–Crippen MR) is 50.3 cm³/mol. The smallest absolute Gasteiger partial charge is 0.416 e. The third-order valence-corrected chi connectivity index (χ3v) is 2.11. The molecule has 0 saturated heterocycles. The summed E-state index contributed by atoms with van der Waals surface area (Å²) in [7, 11) is 0.981. The molecule has 94 valence electrons. The van der Waals surface area contributed by atoms with E-state index >= 15 is 0 Å². The number of carbonyl (C=O) groups excluding carboxylic acids is 1. The SMILES string of the molecule is COC(=O)[C@@H](N)c1cc(F)ccc1C(F)(F)F. The van der Waals surface area contributed by atoms with Crippen molar-refractivity contribution in [3.63, 3.8) is 0 Å². The number of carbonyl (C=O) groups is 1. The molecule has 0 spiro atoms. The highest BCUT2D eigenvalue weighted by atomic mass is 19.4. The number of hydrogen-bond donors (Lipinski definition) is 1. The molecule has 0 saturated carbocycles. The van der Waals surface area contributed by atoms with Crippen molar-refractivity contribution in [2.24, 2.45) is 5.73 Å². The van der Waals surface area contributed by atoms with Crippen LogP contribution < -0.4 is 5.73 Å². The van der Waals surface area contributed by atoms with Gasteiger partial charge in [0.25, 0.3) is 0 Å². The van der Waals surface area contributed by atoms with Gasteiger partial charge >= 0.3 is 12.1 Å². The number of ether oxygens (including phenoxy) is 1. The molecule has 0 aliphatic heterocycles. The van der Waals surface area contributed by atoms with E-state index in [9.17, 15) is 22.4 Å². The van der Waals surface area contributed by atoms with Gasteiger partial charge in [-0.3, -0.25) is 4.79 Å². The summed E-state index contributed by atoms with van der Waals surface area (Å²) in [6.45, 7) is 0. The van der Waals surface area contributed by atoms with Crippen molar-refractivity contribution in [3.8, 4) is 0 Å². The van der Waals surface area contributed by atoms with E-state index in [1.165, 1.54) is 0 Å². The molecule has 0 amide bonds. The van der Waals surface area contributed by atoms with Gasteiger partial charge < -0.3 is 10.5 Å². The minimum Gasteiger partial charge on any atom is -0.468 e. The molecule has 17 heavy (non-hydrogen) atoms. The number of benzene rings is 1. The molecule has 2 N–H and O–H groups in total. The number of nitrogens with two attached hydrogens (primary N) is 1. The Hall–Kier alpha value is -1.63. The second-order valence-electron chi connectivity index (χ2n) is 3.23. The maximum atomic E-state index is 12.9. The normalized spacial score (nSPS) is 13.3. The van der Waals surface area contributed by atoms with Gasteiger partial charge in [0.15, 0.2) is 0 Å². The van der Waals surface area contributed by atoms with Crippen LogP contribution in [0.2, 0.25) is 0 Å². The van der Waals surface area contributed by atoms with Crippen LogP contribution in [0.3, 0.4) is 0 Å². The first kappa shape index (κ1) is 13.4. The van der Waals surface area contributed by atoms with Crippen LogP contribution in [0, 0.1) is 5.82 Å². The van der Waals surface area contributed by atoms with Crippen LogP contribution in [0.4, 0.5) is 17.6 Å². The quantitative estimate of drug-likeness (QED) is 0.646. The van der Waals surface area contributed by atoms with Crippen LogP contribution in [0.5, 0.6) is 0 Å². The molecule has 0 bridgehead atoms. The number of methoxy groups -OCH3 is 1. The van der Waals surface area contributed by atoms with Crippen LogP contribution in [0.25, 0.3) is 0 Å². The highest BCUT2D eigenvalue weighted by molar-refractivity contribution is 5.77. The Morgan fingerprint density at radius 1 is 1.41 bits per heavy atom. The Morgan fingerprint density at radius 2 is 2.00 bits per heavy atom. The summed E-state index contributed by atoms with van der Waals surface area (Å²) in [5.74, 6) is -1.98. The van der Waals surface area contributed by atoms with Gasteiger partial charge in [0.1, 0.15) is 11.9 Å². The Bertz CT molecular complexity index is 431. The lowest BCUT2D eigenvalue weighted by molar-refractivity contribution is -0.144. The second-order valence-corrected chi connectivity index (χ2v) is 3.23. The second kappa shape index (κ2) is 4.70. The van der Waals surface area contributed by atoms with E-state index in [0.29, 0.717) is 18.2 Å². The summed E-state index contributed by atoms with van der Waals surface area (Å²) >= 11 is 0. The van der Waals surface area contributed by atoms with E-state index in [1.54, 1.807) is 0 Å². The molecular weight excluding hydrogens is 242 g/mol. The first-order valence-electron chi connectivity index (χ1n) is 4.47. The van der Waals surface area contributed by atoms with Gasteiger partial charge in [-0.2, -0.15) is 13.2 Å². The molecule has 0 aliphatic rings. The fourth-order valence-corrected chi connectivity index (χ4v) is 1.30. The summed E-state index contributed by atoms with van der Waals surface area (Å²) in [6.07, 6.45) is -4.71. The van der Waals surface area contributed by atoms with Crippen LogP contribution >= 0.6 is 0 Å². The predicted octanol–water partition coefficient (Wildman–Crippen LogP) is 2.02. The lowest BCUT2D eigenvalue weighted by atomic mass is 10.0. The van der Waals surface area contributed by atoms with Crippen LogP contribution in [-0.2, 0) is 15.7 Å². The fourth-order valence-electron chi connectivity index (χ4n) is 1.30. The molecule has 1 atom stereocenters. The molecule has 1 aromatic carbocycles. The zero-order valence-electron chi connectivity index (χ0n) is 8.72. The van der Waals surface area contributed by atoms with E-state index in [4.69, 9.17) is 5.73 Å². The van der Waals surface area contributed by atoms with E-state index < -0.39 is 35.1 Å². The average Bonchev–Trinajstić information content (AvgIpc) is 2.25.